The molecule has 4 heteroatoms. The lowest BCUT2D eigenvalue weighted by Gasteiger charge is -2.41. The van der Waals surface area contributed by atoms with E-state index in [2.05, 4.69) is 31.0 Å². The van der Waals surface area contributed by atoms with Crippen molar-refractivity contribution >= 4 is 5.97 Å². The van der Waals surface area contributed by atoms with Gasteiger partial charge >= 0.3 is 5.97 Å². The first-order valence-corrected chi connectivity index (χ1v) is 8.41. The van der Waals surface area contributed by atoms with Gasteiger partial charge in [0.15, 0.2) is 0 Å². The van der Waals surface area contributed by atoms with Gasteiger partial charge in [0.05, 0.1) is 13.0 Å². The Balaban J connectivity index is 1.90. The van der Waals surface area contributed by atoms with Crippen molar-refractivity contribution in [2.75, 3.05) is 33.3 Å². The van der Waals surface area contributed by atoms with Crippen LogP contribution >= 0.6 is 0 Å². The summed E-state index contributed by atoms with van der Waals surface area (Å²) in [6.07, 6.45) is 5.01. The van der Waals surface area contributed by atoms with Gasteiger partial charge in [0.1, 0.15) is 0 Å². The molecule has 2 aliphatic rings. The maximum atomic E-state index is 12.0. The lowest BCUT2D eigenvalue weighted by molar-refractivity contribution is -0.148. The average molecular weight is 296 g/mol. The minimum absolute atomic E-state index is 0.0290. The maximum absolute atomic E-state index is 12.0. The third-order valence-electron chi connectivity index (χ3n) is 4.72. The van der Waals surface area contributed by atoms with Crippen molar-refractivity contribution in [1.82, 2.24) is 10.2 Å². The Labute approximate surface area is 129 Å². The molecule has 1 saturated carbocycles. The quantitative estimate of drug-likeness (QED) is 0.790. The second-order valence-electron chi connectivity index (χ2n) is 8.11. The van der Waals surface area contributed by atoms with E-state index in [1.165, 1.54) is 26.4 Å². The van der Waals surface area contributed by atoms with Crippen molar-refractivity contribution in [2.45, 2.75) is 52.5 Å². The largest absolute Gasteiger partial charge is 0.469 e. The third kappa shape index (κ3) is 5.26. The average Bonchev–Trinajstić information content (AvgIpc) is 2.39. The van der Waals surface area contributed by atoms with Crippen LogP contribution < -0.4 is 5.32 Å². The number of methoxy groups -OCH3 is 1. The van der Waals surface area contributed by atoms with Crippen molar-refractivity contribution in [2.24, 2.45) is 17.3 Å². The van der Waals surface area contributed by atoms with Gasteiger partial charge in [-0.1, -0.05) is 27.2 Å². The van der Waals surface area contributed by atoms with E-state index < -0.39 is 0 Å². The number of carbonyl (C=O) groups excluding carboxylic acids is 1. The van der Waals surface area contributed by atoms with Crippen LogP contribution in [0, 0.1) is 17.3 Å². The molecule has 0 spiro atoms. The Morgan fingerprint density at radius 2 is 2.00 bits per heavy atom. The van der Waals surface area contributed by atoms with Crippen molar-refractivity contribution < 1.29 is 9.53 Å². The second-order valence-corrected chi connectivity index (χ2v) is 8.11. The highest BCUT2D eigenvalue weighted by Gasteiger charge is 2.34. The fraction of sp³-hybridized carbons (Fsp3) is 0.941. The number of carbonyl (C=O) groups is 1. The molecule has 4 nitrogen and oxygen atoms in total. The molecule has 21 heavy (non-hydrogen) atoms. The highest BCUT2D eigenvalue weighted by molar-refractivity contribution is 5.72. The number of piperidine rings is 1. The van der Waals surface area contributed by atoms with E-state index >= 15 is 0 Å². The zero-order valence-electron chi connectivity index (χ0n) is 14.2. The summed E-state index contributed by atoms with van der Waals surface area (Å²) in [5.74, 6) is 0.835. The summed E-state index contributed by atoms with van der Waals surface area (Å²) in [4.78, 5) is 14.4. The van der Waals surface area contributed by atoms with E-state index in [1.807, 2.05) is 0 Å². The van der Waals surface area contributed by atoms with E-state index in [0.717, 1.165) is 38.5 Å². The van der Waals surface area contributed by atoms with Gasteiger partial charge in [-0.05, 0) is 30.6 Å². The van der Waals surface area contributed by atoms with Gasteiger partial charge < -0.3 is 15.0 Å². The number of nitrogens with one attached hydrogen (secondary N) is 1. The molecule has 122 valence electrons. The smallest absolute Gasteiger partial charge is 0.310 e. The summed E-state index contributed by atoms with van der Waals surface area (Å²) in [5, 5.41) is 3.66. The molecule has 0 bridgehead atoms. The summed E-state index contributed by atoms with van der Waals surface area (Å²) in [7, 11) is 1.50. The van der Waals surface area contributed by atoms with Crippen LogP contribution in [0.1, 0.15) is 46.5 Å². The Kier molecular flexibility index (Phi) is 5.67. The Bertz CT molecular complexity index is 347. The van der Waals surface area contributed by atoms with Crippen molar-refractivity contribution in [1.29, 1.82) is 0 Å². The second kappa shape index (κ2) is 7.10. The minimum Gasteiger partial charge on any atom is -0.469 e. The zero-order valence-corrected chi connectivity index (χ0v) is 14.2. The molecule has 2 rings (SSSR count). The Morgan fingerprint density at radius 1 is 1.29 bits per heavy atom. The fourth-order valence-electron chi connectivity index (χ4n) is 3.32. The predicted molar refractivity (Wildman–Crippen MR) is 85.1 cm³/mol. The monoisotopic (exact) mass is 296 g/mol. The number of rotatable bonds is 5. The van der Waals surface area contributed by atoms with E-state index in [9.17, 15) is 4.79 Å². The molecule has 1 aliphatic carbocycles. The summed E-state index contributed by atoms with van der Waals surface area (Å²) < 4.78 is 4.98. The molecule has 1 heterocycles. The maximum Gasteiger partial charge on any atom is 0.310 e. The molecule has 2 fully saturated rings. The number of likely N-dealkylation sites (tertiary alicyclic amines) is 1. The van der Waals surface area contributed by atoms with E-state index in [-0.39, 0.29) is 17.3 Å². The van der Waals surface area contributed by atoms with Crippen LogP contribution in [0.5, 0.6) is 0 Å². The number of esters is 1. The van der Waals surface area contributed by atoms with Gasteiger partial charge in [-0.3, -0.25) is 4.79 Å². The van der Waals surface area contributed by atoms with Crippen molar-refractivity contribution in [3.8, 4) is 0 Å². The van der Waals surface area contributed by atoms with E-state index in [0.29, 0.717) is 6.04 Å². The Hall–Kier alpha value is -0.610. The van der Waals surface area contributed by atoms with Gasteiger partial charge in [-0.25, -0.2) is 0 Å². The van der Waals surface area contributed by atoms with Crippen LogP contribution in [-0.2, 0) is 9.53 Å². The van der Waals surface area contributed by atoms with E-state index in [4.69, 9.17) is 4.74 Å². The summed E-state index contributed by atoms with van der Waals surface area (Å²) in [6.45, 7) is 10.8. The fourth-order valence-corrected chi connectivity index (χ4v) is 3.32. The van der Waals surface area contributed by atoms with Gasteiger partial charge in [-0.15, -0.1) is 0 Å². The topological polar surface area (TPSA) is 41.6 Å². The normalized spacial score (nSPS) is 28.2. The number of hydrogen-bond acceptors (Lipinski definition) is 4. The van der Waals surface area contributed by atoms with Gasteiger partial charge in [-0.2, -0.15) is 0 Å². The van der Waals surface area contributed by atoms with Crippen LogP contribution in [0.2, 0.25) is 0 Å². The van der Waals surface area contributed by atoms with Crippen LogP contribution in [0.15, 0.2) is 0 Å². The molecule has 0 radical (unpaired) electrons. The lowest BCUT2D eigenvalue weighted by atomic mass is 9.84. The number of hydrogen-bond donors (Lipinski definition) is 1. The SMILES string of the molecule is COC(=O)C1CC(NCC(C)(C)C)CN(CC2CCC2)C1. The van der Waals surface area contributed by atoms with Gasteiger partial charge in [0, 0.05) is 32.2 Å². The van der Waals surface area contributed by atoms with Gasteiger partial charge in [0.25, 0.3) is 0 Å². The molecule has 0 aromatic heterocycles. The zero-order chi connectivity index (χ0) is 15.5. The number of ether oxygens (including phenoxy) is 1. The lowest BCUT2D eigenvalue weighted by Crippen LogP contribution is -2.53. The third-order valence-corrected chi connectivity index (χ3v) is 4.72. The van der Waals surface area contributed by atoms with Crippen molar-refractivity contribution in [3.63, 3.8) is 0 Å². The summed E-state index contributed by atoms with van der Waals surface area (Å²) in [6, 6.07) is 0.405. The van der Waals surface area contributed by atoms with Crippen LogP contribution in [0.3, 0.4) is 0 Å². The molecule has 0 amide bonds. The summed E-state index contributed by atoms with van der Waals surface area (Å²) >= 11 is 0. The van der Waals surface area contributed by atoms with Crippen LogP contribution in [0.25, 0.3) is 0 Å². The molecular weight excluding hydrogens is 264 g/mol. The highest BCUT2D eigenvalue weighted by atomic mass is 16.5. The molecule has 0 aromatic rings. The highest BCUT2D eigenvalue weighted by Crippen LogP contribution is 2.29. The molecule has 1 saturated heterocycles. The minimum atomic E-state index is -0.0455. The first-order valence-electron chi connectivity index (χ1n) is 8.41. The van der Waals surface area contributed by atoms with E-state index in [1.54, 1.807) is 0 Å². The molecule has 2 unspecified atom stereocenters. The Morgan fingerprint density at radius 3 is 2.52 bits per heavy atom. The van der Waals surface area contributed by atoms with Crippen LogP contribution in [-0.4, -0.2) is 50.2 Å². The first kappa shape index (κ1) is 16.8. The molecule has 0 aromatic carbocycles. The van der Waals surface area contributed by atoms with Crippen molar-refractivity contribution in [3.05, 3.63) is 0 Å². The number of nitrogens with zero attached hydrogens (tertiary/aromatic N) is 1. The molecule has 1 N–H and O–H groups in total. The summed E-state index contributed by atoms with van der Waals surface area (Å²) in [5.41, 5.74) is 0.275. The standard InChI is InChI=1S/C17H32N2O2/c1-17(2,3)12-18-15-8-14(16(20)21-4)10-19(11-15)9-13-6-5-7-13/h13-15,18H,5-12H2,1-4H3. The van der Waals surface area contributed by atoms with Gasteiger partial charge in [0.2, 0.25) is 0 Å². The first-order chi connectivity index (χ1) is 9.87. The molecule has 1 aliphatic heterocycles. The molecular formula is C17H32N2O2. The van der Waals surface area contributed by atoms with Crippen LogP contribution in [0.4, 0.5) is 0 Å². The molecule has 2 atom stereocenters. The predicted octanol–water partition coefficient (Wildman–Crippen LogP) is 2.29.